The highest BCUT2D eigenvalue weighted by atomic mass is 31.2. The van der Waals surface area contributed by atoms with Gasteiger partial charge in [-0.2, -0.15) is 0 Å². The Hall–Kier alpha value is 0.110. The first-order valence-electron chi connectivity index (χ1n) is 15.0. The first kappa shape index (κ1) is 33.1. The minimum Gasteiger partial charge on any atom is -0.261 e. The molecule has 200 valence electrons. The molecule has 0 rings (SSSR count). The normalized spacial score (nSPS) is 12.4. The molecule has 0 aliphatic heterocycles. The van der Waals surface area contributed by atoms with Crippen LogP contribution < -0.4 is 0 Å². The molecule has 0 aromatic heterocycles. The fraction of sp³-hybridized carbons (Fsp3) is 1.00. The van der Waals surface area contributed by atoms with Gasteiger partial charge in [-0.25, -0.2) is 14.0 Å². The summed E-state index contributed by atoms with van der Waals surface area (Å²) in [6, 6.07) is 0. The topological polar surface area (TPSA) is 22.1 Å². The Balaban J connectivity index is 6.77. The fourth-order valence-corrected chi connectivity index (χ4v) is 8.83. The van der Waals surface area contributed by atoms with Crippen molar-refractivity contribution in [3.63, 3.8) is 0 Å². The molecule has 0 unspecified atom stereocenters. The van der Waals surface area contributed by atoms with Crippen LogP contribution >= 0.6 is 7.51 Å². The molecule has 0 atom stereocenters. The maximum atomic E-state index is 5.85. The summed E-state index contributed by atoms with van der Waals surface area (Å²) in [6.07, 6.45) is 17.8. The number of hydrogen-bond acceptors (Lipinski definition) is 1. The minimum atomic E-state index is -1.91. The first-order chi connectivity index (χ1) is 16.1. The molecule has 0 radical (unpaired) electrons. The summed E-state index contributed by atoms with van der Waals surface area (Å²) >= 11 is 0. The van der Waals surface area contributed by atoms with Gasteiger partial charge in [-0.1, -0.05) is 93.4 Å². The summed E-state index contributed by atoms with van der Waals surface area (Å²) in [5, 5.41) is 0. The summed E-state index contributed by atoms with van der Waals surface area (Å²) in [5.74, 6) is 0. The van der Waals surface area contributed by atoms with E-state index >= 15 is 0 Å². The lowest BCUT2D eigenvalue weighted by atomic mass is 10.3. The zero-order valence-electron chi connectivity index (χ0n) is 24.1. The lowest BCUT2D eigenvalue weighted by Crippen LogP contribution is -2.43. The van der Waals surface area contributed by atoms with Gasteiger partial charge in [-0.3, -0.25) is 4.74 Å². The van der Waals surface area contributed by atoms with Crippen molar-refractivity contribution in [3.05, 3.63) is 0 Å². The average molecular weight is 487 g/mol. The molecule has 5 heteroatoms. The van der Waals surface area contributed by atoms with Crippen LogP contribution in [-0.4, -0.2) is 59.8 Å². The lowest BCUT2D eigenvalue weighted by Gasteiger charge is -2.50. The van der Waals surface area contributed by atoms with Crippen molar-refractivity contribution < 1.29 is 0 Å². The monoisotopic (exact) mass is 486 g/mol. The largest absolute Gasteiger partial charge is 0.261 e. The summed E-state index contributed by atoms with van der Waals surface area (Å²) in [5.41, 5.74) is 0. The van der Waals surface area contributed by atoms with E-state index in [1.54, 1.807) is 0 Å². The lowest BCUT2D eigenvalue weighted by molar-refractivity contribution is 0.289. The van der Waals surface area contributed by atoms with Crippen molar-refractivity contribution in [2.24, 2.45) is 4.74 Å². The molecule has 0 N–H and O–H groups in total. The molecule has 0 fully saturated rings. The second-order valence-corrected chi connectivity index (χ2v) is 12.8. The van der Waals surface area contributed by atoms with E-state index in [-0.39, 0.29) is 0 Å². The molecule has 0 bridgehead atoms. The van der Waals surface area contributed by atoms with Crippen molar-refractivity contribution >= 4 is 7.51 Å². The maximum Gasteiger partial charge on any atom is 0.167 e. The molecule has 0 aromatic carbocycles. The average Bonchev–Trinajstić information content (AvgIpc) is 2.83. The highest BCUT2D eigenvalue weighted by Gasteiger charge is 2.38. The SMILES string of the molecule is CCCCN=P(N(CCCC)CCCC)(N(CCCC)CCCC)N(CCCC)CCCC. The van der Waals surface area contributed by atoms with Crippen LogP contribution in [0.15, 0.2) is 4.74 Å². The van der Waals surface area contributed by atoms with Gasteiger partial charge in [-0.15, -0.1) is 0 Å². The third-order valence-electron chi connectivity index (χ3n) is 6.56. The molecule has 33 heavy (non-hydrogen) atoms. The molecular weight excluding hydrogens is 423 g/mol. The smallest absolute Gasteiger partial charge is 0.167 e. The summed E-state index contributed by atoms with van der Waals surface area (Å²) < 4.78 is 14.7. The van der Waals surface area contributed by atoms with Crippen molar-refractivity contribution in [2.75, 3.05) is 45.8 Å². The Morgan fingerprint density at radius 1 is 0.394 bits per heavy atom. The first-order valence-corrected chi connectivity index (χ1v) is 16.6. The summed E-state index contributed by atoms with van der Waals surface area (Å²) in [6.45, 7) is 24.7. The summed E-state index contributed by atoms with van der Waals surface area (Å²) in [7, 11) is -1.91. The minimum absolute atomic E-state index is 1.03. The Kier molecular flexibility index (Phi) is 22.6. The van der Waals surface area contributed by atoms with E-state index in [0.29, 0.717) is 0 Å². The van der Waals surface area contributed by atoms with Crippen LogP contribution in [0, 0.1) is 0 Å². The van der Waals surface area contributed by atoms with Crippen molar-refractivity contribution in [1.82, 2.24) is 14.0 Å². The van der Waals surface area contributed by atoms with Crippen LogP contribution in [0.25, 0.3) is 0 Å². The van der Waals surface area contributed by atoms with Crippen LogP contribution in [0.2, 0.25) is 0 Å². The third kappa shape index (κ3) is 12.6. The van der Waals surface area contributed by atoms with Gasteiger partial charge in [0.2, 0.25) is 0 Å². The van der Waals surface area contributed by atoms with Crippen LogP contribution in [0.1, 0.15) is 138 Å². The van der Waals surface area contributed by atoms with E-state index in [1.807, 2.05) is 0 Å². The van der Waals surface area contributed by atoms with Crippen LogP contribution in [-0.2, 0) is 0 Å². The summed E-state index contributed by atoms with van der Waals surface area (Å²) in [4.78, 5) is 0. The quantitative estimate of drug-likeness (QED) is 0.100. The van der Waals surface area contributed by atoms with Gasteiger partial charge in [0.1, 0.15) is 0 Å². The van der Waals surface area contributed by atoms with E-state index in [1.165, 1.54) is 129 Å². The number of rotatable bonds is 24. The molecule has 4 nitrogen and oxygen atoms in total. The van der Waals surface area contributed by atoms with Crippen LogP contribution in [0.5, 0.6) is 0 Å². The molecule has 0 amide bonds. The van der Waals surface area contributed by atoms with E-state index in [0.717, 1.165) is 6.54 Å². The van der Waals surface area contributed by atoms with Gasteiger partial charge >= 0.3 is 0 Å². The maximum absolute atomic E-state index is 5.85. The van der Waals surface area contributed by atoms with Crippen molar-refractivity contribution in [1.29, 1.82) is 0 Å². The molecule has 0 spiro atoms. The molecule has 0 aliphatic carbocycles. The standard InChI is InChI=1S/C28H63N4P/c1-8-15-22-29-33(30(23-16-9-2)24-17-10-3,31(25-18-11-4)26-19-12-5)32(27-20-13-6)28-21-14-7/h8-28H2,1-7H3. The van der Waals surface area contributed by atoms with E-state index in [9.17, 15) is 0 Å². The van der Waals surface area contributed by atoms with Crippen molar-refractivity contribution in [3.8, 4) is 0 Å². The van der Waals surface area contributed by atoms with Gasteiger partial charge in [0.15, 0.2) is 7.51 Å². The predicted molar refractivity (Wildman–Crippen MR) is 153 cm³/mol. The van der Waals surface area contributed by atoms with Gasteiger partial charge in [0.05, 0.1) is 0 Å². The van der Waals surface area contributed by atoms with Gasteiger partial charge in [0.25, 0.3) is 0 Å². The second-order valence-electron chi connectivity index (χ2n) is 9.74. The molecule has 0 heterocycles. The molecule has 0 saturated carbocycles. The number of nitrogens with zero attached hydrogens (tertiary/aromatic N) is 4. The number of unbranched alkanes of at least 4 members (excludes halogenated alkanes) is 7. The third-order valence-corrected chi connectivity index (χ3v) is 10.6. The van der Waals surface area contributed by atoms with E-state index in [4.69, 9.17) is 4.74 Å². The van der Waals surface area contributed by atoms with E-state index in [2.05, 4.69) is 62.5 Å². The number of hydrogen-bond donors (Lipinski definition) is 0. The Labute approximate surface area is 210 Å². The van der Waals surface area contributed by atoms with Gasteiger partial charge in [0, 0.05) is 45.8 Å². The van der Waals surface area contributed by atoms with Crippen LogP contribution in [0.3, 0.4) is 0 Å². The zero-order chi connectivity index (χ0) is 24.8. The molecule has 0 aromatic rings. The fourth-order valence-electron chi connectivity index (χ4n) is 4.35. The Bertz CT molecular complexity index is 388. The Morgan fingerprint density at radius 2 is 0.636 bits per heavy atom. The van der Waals surface area contributed by atoms with Crippen LogP contribution in [0.4, 0.5) is 0 Å². The van der Waals surface area contributed by atoms with Gasteiger partial charge < -0.3 is 0 Å². The predicted octanol–water partition coefficient (Wildman–Crippen LogP) is 9.44. The second kappa shape index (κ2) is 22.6. The van der Waals surface area contributed by atoms with Gasteiger partial charge in [-0.05, 0) is 44.9 Å². The molecular formula is C28H63N4P. The highest BCUT2D eigenvalue weighted by molar-refractivity contribution is 7.59. The highest BCUT2D eigenvalue weighted by Crippen LogP contribution is 2.60. The van der Waals surface area contributed by atoms with E-state index < -0.39 is 7.51 Å². The Morgan fingerprint density at radius 3 is 0.848 bits per heavy atom. The zero-order valence-corrected chi connectivity index (χ0v) is 25.0. The van der Waals surface area contributed by atoms with Crippen molar-refractivity contribution in [2.45, 2.75) is 138 Å². The molecule has 0 aliphatic rings. The molecule has 0 saturated heterocycles.